The number of aryl methyl sites for hydroxylation is 1. The van der Waals surface area contributed by atoms with Crippen LogP contribution in [0.4, 0.5) is 5.69 Å². The second kappa shape index (κ2) is 10.0. The molecule has 1 amide bonds. The number of nitrogens with zero attached hydrogens (tertiary/aromatic N) is 1. The molecular weight excluding hydrogens is 432 g/mol. The van der Waals surface area contributed by atoms with Gasteiger partial charge in [-0.1, -0.05) is 11.6 Å². The normalized spacial score (nSPS) is 11.3. The molecule has 1 N–H and O–H groups in total. The predicted octanol–water partition coefficient (Wildman–Crippen LogP) is 3.19. The van der Waals surface area contributed by atoms with Crippen molar-refractivity contribution in [2.75, 3.05) is 40.7 Å². The third-order valence-corrected chi connectivity index (χ3v) is 6.51. The first-order valence-corrected chi connectivity index (χ1v) is 10.8. The van der Waals surface area contributed by atoms with Crippen LogP contribution in [0.1, 0.15) is 12.0 Å². The predicted molar refractivity (Wildman–Crippen MR) is 115 cm³/mol. The molecule has 0 aliphatic carbocycles. The Morgan fingerprint density at radius 1 is 1.00 bits per heavy atom. The molecule has 30 heavy (non-hydrogen) atoms. The van der Waals surface area contributed by atoms with E-state index in [1.54, 1.807) is 18.2 Å². The minimum Gasteiger partial charge on any atom is -0.496 e. The fraction of sp³-hybridized carbons (Fsp3) is 0.350. The van der Waals surface area contributed by atoms with E-state index in [0.29, 0.717) is 33.5 Å². The number of benzene rings is 2. The Morgan fingerprint density at radius 3 is 2.20 bits per heavy atom. The summed E-state index contributed by atoms with van der Waals surface area (Å²) in [5.41, 5.74) is 1.02. The average Bonchev–Trinajstić information content (AvgIpc) is 2.72. The van der Waals surface area contributed by atoms with Crippen molar-refractivity contribution < 1.29 is 27.4 Å². The van der Waals surface area contributed by atoms with E-state index in [1.807, 2.05) is 0 Å². The van der Waals surface area contributed by atoms with E-state index in [4.69, 9.17) is 25.8 Å². The SMILES string of the molecule is COc1cc(NC(=O)CCc2cc(S(=O)(=O)N(C)C)ccc2OC)c(OC)cc1Cl. The maximum absolute atomic E-state index is 12.5. The monoisotopic (exact) mass is 456 g/mol. The van der Waals surface area contributed by atoms with Gasteiger partial charge in [-0.2, -0.15) is 0 Å². The number of rotatable bonds is 9. The number of carbonyl (C=O) groups is 1. The molecule has 0 radical (unpaired) electrons. The lowest BCUT2D eigenvalue weighted by atomic mass is 10.1. The summed E-state index contributed by atoms with van der Waals surface area (Å²) in [6, 6.07) is 7.70. The number of hydrogen-bond acceptors (Lipinski definition) is 6. The molecule has 2 aromatic carbocycles. The quantitative estimate of drug-likeness (QED) is 0.622. The van der Waals surface area contributed by atoms with E-state index in [2.05, 4.69) is 5.32 Å². The fourth-order valence-corrected chi connectivity index (χ4v) is 3.92. The molecule has 164 valence electrons. The summed E-state index contributed by atoms with van der Waals surface area (Å²) in [5, 5.41) is 3.12. The third-order valence-electron chi connectivity index (χ3n) is 4.40. The van der Waals surface area contributed by atoms with Crippen LogP contribution in [-0.2, 0) is 21.2 Å². The summed E-state index contributed by atoms with van der Waals surface area (Å²) < 4.78 is 41.7. The standard InChI is InChI=1S/C20H25ClN2O6S/c1-23(2)30(25,26)14-7-8-17(27-3)13(10-14)6-9-20(24)22-16-12-18(28-4)15(21)11-19(16)29-5/h7-8,10-12H,6,9H2,1-5H3,(H,22,24). The number of hydrogen-bond donors (Lipinski definition) is 1. The number of nitrogens with one attached hydrogen (secondary N) is 1. The van der Waals surface area contributed by atoms with Gasteiger partial charge in [-0.3, -0.25) is 4.79 Å². The van der Waals surface area contributed by atoms with Crippen molar-refractivity contribution in [3.05, 3.63) is 40.9 Å². The lowest BCUT2D eigenvalue weighted by Gasteiger charge is -2.15. The van der Waals surface area contributed by atoms with Gasteiger partial charge >= 0.3 is 0 Å². The van der Waals surface area contributed by atoms with Crippen molar-refractivity contribution in [3.8, 4) is 17.2 Å². The molecule has 0 saturated heterocycles. The Balaban J connectivity index is 2.20. The minimum atomic E-state index is -3.60. The Morgan fingerprint density at radius 2 is 1.63 bits per heavy atom. The Labute approximate surface area is 181 Å². The zero-order valence-corrected chi connectivity index (χ0v) is 19.1. The lowest BCUT2D eigenvalue weighted by Crippen LogP contribution is -2.22. The molecule has 0 atom stereocenters. The van der Waals surface area contributed by atoms with Crippen molar-refractivity contribution in [3.63, 3.8) is 0 Å². The molecule has 0 fully saturated rings. The zero-order valence-electron chi connectivity index (χ0n) is 17.5. The van der Waals surface area contributed by atoms with Crippen molar-refractivity contribution in [2.45, 2.75) is 17.7 Å². The number of methoxy groups -OCH3 is 3. The smallest absolute Gasteiger partial charge is 0.242 e. The summed E-state index contributed by atoms with van der Waals surface area (Å²) in [6.45, 7) is 0. The van der Waals surface area contributed by atoms with Crippen molar-refractivity contribution in [1.82, 2.24) is 4.31 Å². The van der Waals surface area contributed by atoms with Gasteiger partial charge in [0.15, 0.2) is 0 Å². The second-order valence-corrected chi connectivity index (χ2v) is 9.06. The van der Waals surface area contributed by atoms with Crippen molar-refractivity contribution in [1.29, 1.82) is 0 Å². The van der Waals surface area contributed by atoms with E-state index in [-0.39, 0.29) is 23.6 Å². The van der Waals surface area contributed by atoms with Crippen molar-refractivity contribution in [2.24, 2.45) is 0 Å². The van der Waals surface area contributed by atoms with Gasteiger partial charge in [-0.25, -0.2) is 12.7 Å². The number of halogens is 1. The Kier molecular flexibility index (Phi) is 7.94. The highest BCUT2D eigenvalue weighted by Gasteiger charge is 2.20. The molecule has 0 spiro atoms. The summed E-state index contributed by atoms with van der Waals surface area (Å²) in [4.78, 5) is 12.7. The third kappa shape index (κ3) is 5.35. The highest BCUT2D eigenvalue weighted by atomic mass is 35.5. The molecule has 0 heterocycles. The van der Waals surface area contributed by atoms with Gasteiger partial charge < -0.3 is 19.5 Å². The Hall–Kier alpha value is -2.49. The molecule has 0 aromatic heterocycles. The summed E-state index contributed by atoms with van der Waals surface area (Å²) in [7, 11) is 3.75. The van der Waals surface area contributed by atoms with E-state index in [9.17, 15) is 13.2 Å². The number of anilines is 1. The van der Waals surface area contributed by atoms with Gasteiger partial charge in [0.05, 0.1) is 36.9 Å². The van der Waals surface area contributed by atoms with Crippen LogP contribution in [0.15, 0.2) is 35.2 Å². The zero-order chi connectivity index (χ0) is 22.5. The van der Waals surface area contributed by atoms with Crippen LogP contribution in [0, 0.1) is 0 Å². The summed E-state index contributed by atoms with van der Waals surface area (Å²) in [5.74, 6) is 1.01. The highest BCUT2D eigenvalue weighted by molar-refractivity contribution is 7.89. The highest BCUT2D eigenvalue weighted by Crippen LogP contribution is 2.36. The van der Waals surface area contributed by atoms with Crippen LogP contribution in [0.5, 0.6) is 17.2 Å². The second-order valence-electron chi connectivity index (χ2n) is 6.50. The maximum Gasteiger partial charge on any atom is 0.242 e. The number of amides is 1. The van der Waals surface area contributed by atoms with Gasteiger partial charge in [0.25, 0.3) is 0 Å². The first-order chi connectivity index (χ1) is 14.1. The van der Waals surface area contributed by atoms with E-state index in [1.165, 1.54) is 47.6 Å². The van der Waals surface area contributed by atoms with Gasteiger partial charge in [-0.15, -0.1) is 0 Å². The molecule has 0 aliphatic rings. The largest absolute Gasteiger partial charge is 0.496 e. The van der Waals surface area contributed by atoms with Crippen molar-refractivity contribution >= 4 is 33.2 Å². The molecule has 8 nitrogen and oxygen atoms in total. The van der Waals surface area contributed by atoms with E-state index >= 15 is 0 Å². The first kappa shape index (κ1) is 23.8. The number of sulfonamides is 1. The molecule has 0 bridgehead atoms. The van der Waals surface area contributed by atoms with Crippen LogP contribution in [0.3, 0.4) is 0 Å². The van der Waals surface area contributed by atoms with Crippen LogP contribution in [-0.4, -0.2) is 54.1 Å². The van der Waals surface area contributed by atoms with E-state index in [0.717, 1.165) is 4.31 Å². The summed E-state index contributed by atoms with van der Waals surface area (Å²) >= 11 is 6.08. The van der Waals surface area contributed by atoms with Gasteiger partial charge in [0, 0.05) is 32.6 Å². The van der Waals surface area contributed by atoms with Crippen LogP contribution >= 0.6 is 11.6 Å². The van der Waals surface area contributed by atoms with Crippen LogP contribution < -0.4 is 19.5 Å². The van der Waals surface area contributed by atoms with Gasteiger partial charge in [-0.05, 0) is 30.2 Å². The average molecular weight is 457 g/mol. The topological polar surface area (TPSA) is 94.2 Å². The molecule has 0 unspecified atom stereocenters. The van der Waals surface area contributed by atoms with Crippen LogP contribution in [0.2, 0.25) is 5.02 Å². The van der Waals surface area contributed by atoms with Crippen LogP contribution in [0.25, 0.3) is 0 Å². The molecular formula is C20H25ClN2O6S. The molecule has 10 heteroatoms. The molecule has 2 rings (SSSR count). The first-order valence-electron chi connectivity index (χ1n) is 8.94. The fourth-order valence-electron chi connectivity index (χ4n) is 2.74. The number of carbonyl (C=O) groups excluding carboxylic acids is 1. The van der Waals surface area contributed by atoms with Gasteiger partial charge in [0.1, 0.15) is 17.2 Å². The minimum absolute atomic E-state index is 0.0932. The molecule has 2 aromatic rings. The maximum atomic E-state index is 12.5. The van der Waals surface area contributed by atoms with E-state index < -0.39 is 10.0 Å². The van der Waals surface area contributed by atoms with Gasteiger partial charge in [0.2, 0.25) is 15.9 Å². The Bertz CT molecular complexity index is 1020. The summed E-state index contributed by atoms with van der Waals surface area (Å²) in [6.07, 6.45) is 0.370. The molecule has 0 aliphatic heterocycles. The molecule has 0 saturated carbocycles. The lowest BCUT2D eigenvalue weighted by molar-refractivity contribution is -0.116. The number of ether oxygens (including phenoxy) is 3.